The highest BCUT2D eigenvalue weighted by Crippen LogP contribution is 2.31. The van der Waals surface area contributed by atoms with Gasteiger partial charge in [0.05, 0.1) is 15.7 Å². The Morgan fingerprint density at radius 1 is 1.39 bits per heavy atom. The third-order valence-corrected chi connectivity index (χ3v) is 4.52. The van der Waals surface area contributed by atoms with E-state index in [1.165, 1.54) is 19.4 Å². The van der Waals surface area contributed by atoms with E-state index in [0.717, 1.165) is 12.2 Å². The zero-order chi connectivity index (χ0) is 13.1. The summed E-state index contributed by atoms with van der Waals surface area (Å²) in [6.45, 7) is 4.58. The first-order chi connectivity index (χ1) is 8.58. The molecule has 2 unspecified atom stereocenters. The van der Waals surface area contributed by atoms with Gasteiger partial charge in [-0.3, -0.25) is 0 Å². The van der Waals surface area contributed by atoms with Gasteiger partial charge < -0.3 is 10.2 Å². The number of likely N-dealkylation sites (tertiary alicyclic amines) is 1. The second-order valence-corrected chi connectivity index (χ2v) is 5.98. The molecular formula is C14H20Cl2N2. The number of nitrogens with one attached hydrogen (secondary N) is 1. The normalized spacial score (nSPS) is 22.8. The van der Waals surface area contributed by atoms with Gasteiger partial charge in [-0.1, -0.05) is 29.3 Å². The summed E-state index contributed by atoms with van der Waals surface area (Å²) in [6, 6.07) is 6.13. The molecule has 0 aromatic heterocycles. The SMILES string of the molecule is CC(Nc1cccc(Cl)c1Cl)C1CCCN(C)C1. The molecule has 2 rings (SSSR count). The highest BCUT2D eigenvalue weighted by Gasteiger charge is 2.23. The van der Waals surface area contributed by atoms with E-state index >= 15 is 0 Å². The van der Waals surface area contributed by atoms with E-state index in [1.54, 1.807) is 0 Å². The molecule has 100 valence electrons. The molecule has 1 saturated heterocycles. The average Bonchev–Trinajstić information content (AvgIpc) is 2.35. The molecule has 1 fully saturated rings. The number of hydrogen-bond donors (Lipinski definition) is 1. The Morgan fingerprint density at radius 2 is 2.17 bits per heavy atom. The predicted molar refractivity (Wildman–Crippen MR) is 79.8 cm³/mol. The van der Waals surface area contributed by atoms with E-state index in [0.29, 0.717) is 22.0 Å². The number of piperidine rings is 1. The molecule has 18 heavy (non-hydrogen) atoms. The van der Waals surface area contributed by atoms with E-state index in [4.69, 9.17) is 23.2 Å². The minimum atomic E-state index is 0.406. The van der Waals surface area contributed by atoms with Gasteiger partial charge in [-0.2, -0.15) is 0 Å². The van der Waals surface area contributed by atoms with Crippen molar-refractivity contribution in [2.45, 2.75) is 25.8 Å². The summed E-state index contributed by atoms with van der Waals surface area (Å²) in [5, 5.41) is 4.72. The molecule has 0 saturated carbocycles. The molecule has 1 aliphatic rings. The highest BCUT2D eigenvalue weighted by atomic mass is 35.5. The molecule has 1 aliphatic heterocycles. The van der Waals surface area contributed by atoms with Crippen molar-refractivity contribution in [1.82, 2.24) is 4.90 Å². The van der Waals surface area contributed by atoms with Crippen LogP contribution in [0.25, 0.3) is 0 Å². The third-order valence-electron chi connectivity index (χ3n) is 3.70. The molecule has 4 heteroatoms. The van der Waals surface area contributed by atoms with Crippen LogP contribution in [0.5, 0.6) is 0 Å². The smallest absolute Gasteiger partial charge is 0.0823 e. The standard InChI is InChI=1S/C14H20Cl2N2/c1-10(11-5-4-8-18(2)9-11)17-13-7-3-6-12(15)14(13)16/h3,6-7,10-11,17H,4-5,8-9H2,1-2H3. The number of benzene rings is 1. The zero-order valence-corrected chi connectivity index (χ0v) is 12.4. The van der Waals surface area contributed by atoms with Gasteiger partial charge in [-0.25, -0.2) is 0 Å². The third kappa shape index (κ3) is 3.31. The minimum Gasteiger partial charge on any atom is -0.381 e. The van der Waals surface area contributed by atoms with Gasteiger partial charge in [-0.05, 0) is 51.4 Å². The van der Waals surface area contributed by atoms with E-state index in [9.17, 15) is 0 Å². The Morgan fingerprint density at radius 3 is 2.89 bits per heavy atom. The van der Waals surface area contributed by atoms with Crippen molar-refractivity contribution in [2.24, 2.45) is 5.92 Å². The maximum Gasteiger partial charge on any atom is 0.0823 e. The van der Waals surface area contributed by atoms with E-state index in [-0.39, 0.29) is 0 Å². The van der Waals surface area contributed by atoms with Gasteiger partial charge in [0.1, 0.15) is 0 Å². The van der Waals surface area contributed by atoms with Crippen LogP contribution in [0.2, 0.25) is 10.0 Å². The maximum absolute atomic E-state index is 6.20. The van der Waals surface area contributed by atoms with Crippen molar-refractivity contribution in [3.63, 3.8) is 0 Å². The van der Waals surface area contributed by atoms with Crippen LogP contribution in [0.1, 0.15) is 19.8 Å². The van der Waals surface area contributed by atoms with E-state index in [2.05, 4.69) is 24.2 Å². The second-order valence-electron chi connectivity index (χ2n) is 5.20. The fourth-order valence-electron chi connectivity index (χ4n) is 2.59. The summed E-state index contributed by atoms with van der Waals surface area (Å²) in [7, 11) is 2.19. The van der Waals surface area contributed by atoms with E-state index in [1.807, 2.05) is 18.2 Å². The molecule has 1 aromatic carbocycles. The van der Waals surface area contributed by atoms with Gasteiger partial charge in [-0.15, -0.1) is 0 Å². The fraction of sp³-hybridized carbons (Fsp3) is 0.571. The summed E-state index contributed by atoms with van der Waals surface area (Å²) < 4.78 is 0. The lowest BCUT2D eigenvalue weighted by Gasteiger charge is -2.34. The van der Waals surface area contributed by atoms with Crippen LogP contribution >= 0.6 is 23.2 Å². The van der Waals surface area contributed by atoms with Crippen molar-refractivity contribution >= 4 is 28.9 Å². The molecule has 1 aromatic rings. The molecular weight excluding hydrogens is 267 g/mol. The maximum atomic E-state index is 6.20. The highest BCUT2D eigenvalue weighted by molar-refractivity contribution is 6.43. The number of nitrogens with zero attached hydrogens (tertiary/aromatic N) is 1. The minimum absolute atomic E-state index is 0.406. The molecule has 0 aliphatic carbocycles. The van der Waals surface area contributed by atoms with E-state index < -0.39 is 0 Å². The molecule has 0 spiro atoms. The van der Waals surface area contributed by atoms with Crippen LogP contribution in [0, 0.1) is 5.92 Å². The molecule has 2 nitrogen and oxygen atoms in total. The first-order valence-corrected chi connectivity index (χ1v) is 7.22. The lowest BCUT2D eigenvalue weighted by Crippen LogP contribution is -2.39. The topological polar surface area (TPSA) is 15.3 Å². The van der Waals surface area contributed by atoms with Gasteiger partial charge in [0.2, 0.25) is 0 Å². The van der Waals surface area contributed by atoms with Crippen molar-refractivity contribution in [2.75, 3.05) is 25.5 Å². The molecule has 0 radical (unpaired) electrons. The van der Waals surface area contributed by atoms with Crippen molar-refractivity contribution < 1.29 is 0 Å². The average molecular weight is 287 g/mol. The van der Waals surface area contributed by atoms with Crippen molar-refractivity contribution in [3.05, 3.63) is 28.2 Å². The van der Waals surface area contributed by atoms with Gasteiger partial charge in [0, 0.05) is 12.6 Å². The summed E-state index contributed by atoms with van der Waals surface area (Å²) in [4.78, 5) is 2.39. The Kier molecular flexibility index (Phi) is 4.77. The summed E-state index contributed by atoms with van der Waals surface area (Å²) in [5.41, 5.74) is 0.935. The lowest BCUT2D eigenvalue weighted by atomic mass is 9.92. The first-order valence-electron chi connectivity index (χ1n) is 6.47. The van der Waals surface area contributed by atoms with Gasteiger partial charge in [0.15, 0.2) is 0 Å². The number of rotatable bonds is 3. The number of hydrogen-bond acceptors (Lipinski definition) is 2. The number of halogens is 2. The molecule has 1 N–H and O–H groups in total. The Labute approximate surface area is 119 Å². The lowest BCUT2D eigenvalue weighted by molar-refractivity contribution is 0.197. The van der Waals surface area contributed by atoms with Crippen molar-refractivity contribution in [1.29, 1.82) is 0 Å². The van der Waals surface area contributed by atoms with Gasteiger partial charge >= 0.3 is 0 Å². The fourth-order valence-corrected chi connectivity index (χ4v) is 2.95. The van der Waals surface area contributed by atoms with Crippen LogP contribution in [0.4, 0.5) is 5.69 Å². The zero-order valence-electron chi connectivity index (χ0n) is 10.9. The van der Waals surface area contributed by atoms with Crippen LogP contribution in [-0.2, 0) is 0 Å². The number of anilines is 1. The summed E-state index contributed by atoms with van der Waals surface area (Å²) in [6.07, 6.45) is 2.55. The molecule has 0 amide bonds. The Hall–Kier alpha value is -0.440. The van der Waals surface area contributed by atoms with Crippen LogP contribution in [-0.4, -0.2) is 31.1 Å². The van der Waals surface area contributed by atoms with Crippen LogP contribution in [0.3, 0.4) is 0 Å². The Bertz CT molecular complexity index is 409. The summed E-state index contributed by atoms with van der Waals surface area (Å²) >= 11 is 12.2. The quantitative estimate of drug-likeness (QED) is 0.899. The van der Waals surface area contributed by atoms with Crippen molar-refractivity contribution in [3.8, 4) is 0 Å². The molecule has 0 bridgehead atoms. The second kappa shape index (κ2) is 6.14. The predicted octanol–water partition coefficient (Wildman–Crippen LogP) is 4.14. The van der Waals surface area contributed by atoms with Crippen LogP contribution < -0.4 is 5.32 Å². The monoisotopic (exact) mass is 286 g/mol. The van der Waals surface area contributed by atoms with Crippen LogP contribution in [0.15, 0.2) is 18.2 Å². The first kappa shape index (κ1) is 14.0. The summed E-state index contributed by atoms with van der Waals surface area (Å²) in [5.74, 6) is 0.666. The van der Waals surface area contributed by atoms with Gasteiger partial charge in [0.25, 0.3) is 0 Å². The Balaban J connectivity index is 2.02. The molecule has 1 heterocycles. The largest absolute Gasteiger partial charge is 0.381 e. The molecule has 2 atom stereocenters.